The number of nitrogens with zero attached hydrogens (tertiary/aromatic N) is 2. The van der Waals surface area contributed by atoms with E-state index < -0.39 is 0 Å². The van der Waals surface area contributed by atoms with Gasteiger partial charge in [-0.1, -0.05) is 137 Å². The summed E-state index contributed by atoms with van der Waals surface area (Å²) in [6.45, 7) is 31.2. The van der Waals surface area contributed by atoms with Gasteiger partial charge >= 0.3 is 0 Å². The summed E-state index contributed by atoms with van der Waals surface area (Å²) in [5, 5.41) is 1.17. The van der Waals surface area contributed by atoms with Crippen LogP contribution in [-0.2, 0) is 27.1 Å². The Bertz CT molecular complexity index is 3060. The summed E-state index contributed by atoms with van der Waals surface area (Å²) in [4.78, 5) is 5.23. The predicted molar refractivity (Wildman–Crippen MR) is 274 cm³/mol. The minimum absolute atomic E-state index is 0.0251. The maximum atomic E-state index is 7.41. The molecular weight excluding hydrogens is 775 g/mol. The number of anilines is 6. The standard InChI is InChI=1S/C60H65BN2O/c1-36-29-50-53-51(30-36)63(48-34-45-43(31-37(48)2)57(6,7)25-27-59(45,10)11)49-35-46-44(58(8,9)26-28-60(46,12)13)33-47(49)61(53)55-54(42-32-40(56(3,4)5)21-24-52(42)64-55)62(50)41-22-19-39(20-23-41)38-17-15-14-16-18-38/h14-24,29-35H,25-28H2,1-13H3. The molecule has 0 unspecified atom stereocenters. The summed E-state index contributed by atoms with van der Waals surface area (Å²) in [6.07, 6.45) is 4.70. The lowest BCUT2D eigenvalue weighted by atomic mass is 9.35. The Hall–Kier alpha value is -5.48. The van der Waals surface area contributed by atoms with Crippen molar-refractivity contribution in [3.63, 3.8) is 0 Å². The second-order valence-electron chi connectivity index (χ2n) is 23.7. The van der Waals surface area contributed by atoms with E-state index in [1.54, 1.807) is 0 Å². The highest BCUT2D eigenvalue weighted by molar-refractivity contribution is 7.00. The zero-order valence-electron chi connectivity index (χ0n) is 40.6. The SMILES string of the molecule is Cc1cc2c3c(c1)N(c1ccc(-c4ccccc4)cc1)c1c(oc4ccc(C(C)(C)C)cc14)B3c1cc3c(cc1N2c1cc2c(cc1C)C(C)(C)CCC2(C)C)C(C)(C)CCC3(C)C. The highest BCUT2D eigenvalue weighted by atomic mass is 16.3. The van der Waals surface area contributed by atoms with Crippen LogP contribution in [0.2, 0.25) is 0 Å². The second kappa shape index (κ2) is 13.5. The molecule has 0 saturated carbocycles. The van der Waals surface area contributed by atoms with E-state index in [4.69, 9.17) is 4.42 Å². The van der Waals surface area contributed by atoms with E-state index >= 15 is 0 Å². The Balaban J connectivity index is 1.25. The lowest BCUT2D eigenvalue weighted by molar-refractivity contribution is 0.331. The van der Waals surface area contributed by atoms with Crippen molar-refractivity contribution in [2.45, 2.75) is 143 Å². The molecule has 4 aliphatic rings. The van der Waals surface area contributed by atoms with Crippen LogP contribution < -0.4 is 26.4 Å². The molecule has 0 fully saturated rings. The van der Waals surface area contributed by atoms with Crippen molar-refractivity contribution in [1.82, 2.24) is 0 Å². The largest absolute Gasteiger partial charge is 0.468 e. The predicted octanol–water partition coefficient (Wildman–Crippen LogP) is 14.8. The van der Waals surface area contributed by atoms with E-state index in [9.17, 15) is 0 Å². The minimum Gasteiger partial charge on any atom is -0.468 e. The number of rotatable bonds is 3. The molecule has 0 N–H and O–H groups in total. The topological polar surface area (TPSA) is 19.6 Å². The van der Waals surface area contributed by atoms with Crippen molar-refractivity contribution < 1.29 is 4.42 Å². The zero-order chi connectivity index (χ0) is 45.0. The number of fused-ring (bicyclic) bond motifs is 8. The molecule has 0 spiro atoms. The van der Waals surface area contributed by atoms with Gasteiger partial charge < -0.3 is 14.2 Å². The fourth-order valence-electron chi connectivity index (χ4n) is 12.1. The Morgan fingerprint density at radius 3 is 1.66 bits per heavy atom. The van der Waals surface area contributed by atoms with Gasteiger partial charge in [-0.05, 0) is 176 Å². The van der Waals surface area contributed by atoms with Crippen molar-refractivity contribution in [2.75, 3.05) is 9.80 Å². The van der Waals surface area contributed by atoms with E-state index in [-0.39, 0.29) is 33.8 Å². The van der Waals surface area contributed by atoms with Crippen molar-refractivity contribution in [2.24, 2.45) is 0 Å². The molecule has 0 radical (unpaired) electrons. The van der Waals surface area contributed by atoms with Gasteiger partial charge in [0, 0.05) is 33.8 Å². The van der Waals surface area contributed by atoms with Gasteiger partial charge in [0.15, 0.2) is 0 Å². The van der Waals surface area contributed by atoms with Crippen LogP contribution in [0.1, 0.15) is 141 Å². The normalized spacial score (nSPS) is 18.5. The van der Waals surface area contributed by atoms with Gasteiger partial charge in [0.25, 0.3) is 6.71 Å². The monoisotopic (exact) mass is 841 g/mol. The molecule has 6 aromatic carbocycles. The smallest absolute Gasteiger partial charge is 0.297 e. The average molecular weight is 841 g/mol. The van der Waals surface area contributed by atoms with Gasteiger partial charge in [-0.25, -0.2) is 0 Å². The fraction of sp³-hybridized carbons (Fsp3) is 0.367. The van der Waals surface area contributed by atoms with Crippen LogP contribution in [0.15, 0.2) is 114 Å². The molecule has 1 aromatic heterocycles. The van der Waals surface area contributed by atoms with Crippen molar-refractivity contribution in [1.29, 1.82) is 0 Å². The number of furan rings is 1. The lowest BCUT2D eigenvalue weighted by Crippen LogP contribution is -2.61. The number of benzene rings is 6. The van der Waals surface area contributed by atoms with Gasteiger partial charge in [0.1, 0.15) is 5.58 Å². The molecule has 0 atom stereocenters. The van der Waals surface area contributed by atoms with Gasteiger partial charge in [0.2, 0.25) is 0 Å². The minimum atomic E-state index is -0.100. The highest BCUT2D eigenvalue weighted by Crippen LogP contribution is 2.54. The van der Waals surface area contributed by atoms with Gasteiger partial charge in [-0.15, -0.1) is 0 Å². The van der Waals surface area contributed by atoms with Crippen LogP contribution in [-0.4, -0.2) is 6.71 Å². The summed E-state index contributed by atoms with van der Waals surface area (Å²) < 4.78 is 7.41. The van der Waals surface area contributed by atoms with Crippen LogP contribution in [0.4, 0.5) is 34.1 Å². The molecule has 3 nitrogen and oxygen atoms in total. The van der Waals surface area contributed by atoms with Crippen LogP contribution in [0.3, 0.4) is 0 Å². The molecule has 0 bridgehead atoms. The Labute approximate surface area is 383 Å². The molecule has 3 heterocycles. The summed E-state index contributed by atoms with van der Waals surface area (Å²) in [5.74, 6) is 0. The Kier molecular flexibility index (Phi) is 8.72. The quantitative estimate of drug-likeness (QED) is 0.165. The molecule has 7 aromatic rings. The first-order valence-corrected chi connectivity index (χ1v) is 24.0. The van der Waals surface area contributed by atoms with Gasteiger partial charge in [-0.3, -0.25) is 0 Å². The number of hydrogen-bond acceptors (Lipinski definition) is 3. The molecule has 64 heavy (non-hydrogen) atoms. The summed E-state index contributed by atoms with van der Waals surface area (Å²) in [5.41, 5.74) is 24.5. The van der Waals surface area contributed by atoms with Crippen molar-refractivity contribution >= 4 is 68.4 Å². The molecule has 4 heteroatoms. The summed E-state index contributed by atoms with van der Waals surface area (Å²) in [7, 11) is 0. The third kappa shape index (κ3) is 6.06. The molecule has 324 valence electrons. The van der Waals surface area contributed by atoms with Gasteiger partial charge in [-0.2, -0.15) is 0 Å². The van der Waals surface area contributed by atoms with E-state index in [0.717, 1.165) is 35.5 Å². The fourth-order valence-corrected chi connectivity index (χ4v) is 12.1. The number of aryl methyl sites for hydroxylation is 2. The Morgan fingerprint density at radius 1 is 0.531 bits per heavy atom. The summed E-state index contributed by atoms with van der Waals surface area (Å²) in [6, 6.07) is 42.2. The van der Waals surface area contributed by atoms with E-state index in [2.05, 4.69) is 209 Å². The third-order valence-electron chi connectivity index (χ3n) is 16.3. The second-order valence-corrected chi connectivity index (χ2v) is 23.7. The van der Waals surface area contributed by atoms with Gasteiger partial charge in [0.05, 0.1) is 11.3 Å². The number of hydrogen-bond donors (Lipinski definition) is 0. The summed E-state index contributed by atoms with van der Waals surface area (Å²) >= 11 is 0. The van der Waals surface area contributed by atoms with Crippen molar-refractivity contribution in [3.8, 4) is 11.1 Å². The average Bonchev–Trinajstić information content (AvgIpc) is 3.62. The third-order valence-corrected chi connectivity index (χ3v) is 16.3. The van der Waals surface area contributed by atoms with Crippen LogP contribution in [0.5, 0.6) is 0 Å². The lowest BCUT2D eigenvalue weighted by Gasteiger charge is -2.47. The first kappa shape index (κ1) is 41.2. The maximum Gasteiger partial charge on any atom is 0.297 e. The first-order chi connectivity index (χ1) is 30.1. The van der Waals surface area contributed by atoms with Crippen LogP contribution >= 0.6 is 0 Å². The molecule has 0 saturated heterocycles. The first-order valence-electron chi connectivity index (χ1n) is 24.0. The highest BCUT2D eigenvalue weighted by Gasteiger charge is 2.49. The van der Waals surface area contributed by atoms with E-state index in [1.165, 1.54) is 102 Å². The Morgan fingerprint density at radius 2 is 1.06 bits per heavy atom. The molecular formula is C60H65BN2O. The zero-order valence-corrected chi connectivity index (χ0v) is 40.6. The van der Waals surface area contributed by atoms with E-state index in [1.807, 2.05) is 0 Å². The maximum absolute atomic E-state index is 7.41. The van der Waals surface area contributed by atoms with Crippen LogP contribution in [0.25, 0.3) is 22.1 Å². The molecule has 0 amide bonds. The molecule has 2 aliphatic heterocycles. The molecule has 2 aliphatic carbocycles. The van der Waals surface area contributed by atoms with Crippen LogP contribution in [0, 0.1) is 13.8 Å². The van der Waals surface area contributed by atoms with Crippen molar-refractivity contribution in [3.05, 3.63) is 148 Å². The molecule has 11 rings (SSSR count). The van der Waals surface area contributed by atoms with E-state index in [0.29, 0.717) is 0 Å².